The highest BCUT2D eigenvalue weighted by atomic mass is 79.9. The van der Waals surface area contributed by atoms with Crippen molar-refractivity contribution >= 4 is 44.3 Å². The van der Waals surface area contributed by atoms with Crippen LogP contribution in [-0.2, 0) is 0 Å². The molecule has 1 aromatic carbocycles. The van der Waals surface area contributed by atoms with Crippen molar-refractivity contribution < 1.29 is 4.74 Å². The second-order valence-electron chi connectivity index (χ2n) is 5.77. The first-order valence-corrected chi connectivity index (χ1v) is 10.2. The summed E-state index contributed by atoms with van der Waals surface area (Å²) in [5.41, 5.74) is 2.36. The monoisotopic (exact) mass is 416 g/mol. The van der Waals surface area contributed by atoms with Crippen LogP contribution < -0.4 is 4.74 Å². The van der Waals surface area contributed by atoms with Gasteiger partial charge in [0.1, 0.15) is 5.75 Å². The fraction of sp³-hybridized carbons (Fsp3) is 0.167. The predicted molar refractivity (Wildman–Crippen MR) is 102 cm³/mol. The first kappa shape index (κ1) is 14.7. The van der Waals surface area contributed by atoms with Gasteiger partial charge >= 0.3 is 0 Å². The molecule has 0 radical (unpaired) electrons. The summed E-state index contributed by atoms with van der Waals surface area (Å²) in [7, 11) is 0. The number of rotatable bonds is 2. The highest BCUT2D eigenvalue weighted by Gasteiger charge is 2.41. The Labute approximate surface area is 156 Å². The largest absolute Gasteiger partial charge is 0.464 e. The number of hydrogen-bond acceptors (Lipinski definition) is 5. The molecule has 6 heteroatoms. The summed E-state index contributed by atoms with van der Waals surface area (Å²) in [5.74, 6) is 0.973. The average molecular weight is 417 g/mol. The van der Waals surface area contributed by atoms with Crippen LogP contribution in [0, 0.1) is 0 Å². The summed E-state index contributed by atoms with van der Waals surface area (Å²) >= 11 is 7.00. The Morgan fingerprint density at radius 3 is 2.83 bits per heavy atom. The lowest BCUT2D eigenvalue weighted by Crippen LogP contribution is -2.33. The number of benzene rings is 1. The summed E-state index contributed by atoms with van der Waals surface area (Å²) in [6, 6.07) is 17.0. The molecule has 0 aliphatic carbocycles. The molecule has 0 unspecified atom stereocenters. The van der Waals surface area contributed by atoms with Gasteiger partial charge in [-0.05, 0) is 45.6 Å². The van der Waals surface area contributed by atoms with Gasteiger partial charge in [0.2, 0.25) is 6.23 Å². The molecular weight excluding hydrogens is 404 g/mol. The number of hydrogen-bond donors (Lipinski definition) is 0. The smallest absolute Gasteiger partial charge is 0.222 e. The molecule has 0 saturated heterocycles. The van der Waals surface area contributed by atoms with E-state index in [0.29, 0.717) is 0 Å². The van der Waals surface area contributed by atoms with Crippen molar-refractivity contribution in [2.24, 2.45) is 5.10 Å². The Kier molecular flexibility index (Phi) is 3.50. The quantitative estimate of drug-likeness (QED) is 0.525. The van der Waals surface area contributed by atoms with Crippen molar-refractivity contribution in [1.82, 2.24) is 5.01 Å². The Bertz CT molecular complexity index is 919. The summed E-state index contributed by atoms with van der Waals surface area (Å²) in [5, 5.41) is 9.18. The minimum Gasteiger partial charge on any atom is -0.464 e. The minimum atomic E-state index is -0.147. The third-order valence-electron chi connectivity index (χ3n) is 4.34. The van der Waals surface area contributed by atoms with Crippen molar-refractivity contribution in [3.63, 3.8) is 0 Å². The minimum absolute atomic E-state index is 0.147. The van der Waals surface area contributed by atoms with Gasteiger partial charge in [-0.2, -0.15) is 5.10 Å². The van der Waals surface area contributed by atoms with Crippen LogP contribution in [0.4, 0.5) is 0 Å². The molecule has 2 aromatic heterocycles. The molecule has 3 nitrogen and oxygen atoms in total. The lowest BCUT2D eigenvalue weighted by atomic mass is 9.98. The number of ether oxygens (including phenoxy) is 1. The van der Waals surface area contributed by atoms with E-state index in [-0.39, 0.29) is 12.3 Å². The number of fused-ring (bicyclic) bond motifs is 3. The van der Waals surface area contributed by atoms with Gasteiger partial charge in [0.05, 0.1) is 25.3 Å². The maximum absolute atomic E-state index is 6.30. The molecule has 0 saturated carbocycles. The molecule has 0 bridgehead atoms. The van der Waals surface area contributed by atoms with E-state index < -0.39 is 0 Å². The van der Waals surface area contributed by atoms with Crippen LogP contribution in [0.5, 0.6) is 5.75 Å². The first-order chi connectivity index (χ1) is 11.8. The van der Waals surface area contributed by atoms with Crippen molar-refractivity contribution in [2.45, 2.75) is 18.7 Å². The molecule has 3 aromatic rings. The highest BCUT2D eigenvalue weighted by Crippen LogP contribution is 2.48. The topological polar surface area (TPSA) is 24.8 Å². The normalized spacial score (nSPS) is 21.9. The molecule has 120 valence electrons. The summed E-state index contributed by atoms with van der Waals surface area (Å²) in [6.45, 7) is 0. The van der Waals surface area contributed by atoms with Gasteiger partial charge in [-0.15, -0.1) is 22.7 Å². The van der Waals surface area contributed by atoms with Crippen molar-refractivity contribution in [3.05, 3.63) is 73.0 Å². The number of thiophene rings is 2. The van der Waals surface area contributed by atoms with E-state index in [1.807, 2.05) is 6.07 Å². The van der Waals surface area contributed by atoms with Crippen LogP contribution >= 0.6 is 38.6 Å². The zero-order chi connectivity index (χ0) is 16.1. The van der Waals surface area contributed by atoms with Crippen LogP contribution in [0.2, 0.25) is 0 Å². The van der Waals surface area contributed by atoms with Crippen molar-refractivity contribution in [1.29, 1.82) is 0 Å². The van der Waals surface area contributed by atoms with Gasteiger partial charge in [-0.1, -0.05) is 24.3 Å². The fourth-order valence-electron chi connectivity index (χ4n) is 3.27. The van der Waals surface area contributed by atoms with E-state index in [4.69, 9.17) is 9.84 Å². The lowest BCUT2D eigenvalue weighted by molar-refractivity contribution is -0.0165. The van der Waals surface area contributed by atoms with Crippen LogP contribution in [0.15, 0.2) is 62.8 Å². The van der Waals surface area contributed by atoms with E-state index >= 15 is 0 Å². The Morgan fingerprint density at radius 2 is 2.04 bits per heavy atom. The standard InChI is InChI=1S/C18H13BrN2OS2/c19-17-8-7-15(24-17)12-10-13-11-4-1-2-5-14(11)22-18(21(13)20-12)16-6-3-9-23-16/h1-9,13,18H,10H2/t13-,18+/m1/s1. The maximum Gasteiger partial charge on any atom is 0.222 e. The van der Waals surface area contributed by atoms with Gasteiger partial charge < -0.3 is 4.74 Å². The molecule has 0 fully saturated rings. The Hall–Kier alpha value is -1.63. The molecular formula is C18H13BrN2OS2. The number of hydrazone groups is 1. The highest BCUT2D eigenvalue weighted by molar-refractivity contribution is 9.11. The molecule has 0 amide bonds. The number of halogens is 1. The maximum atomic E-state index is 6.30. The van der Waals surface area contributed by atoms with E-state index in [1.165, 1.54) is 15.3 Å². The number of nitrogens with zero attached hydrogens (tertiary/aromatic N) is 2. The van der Waals surface area contributed by atoms with Crippen LogP contribution in [0.25, 0.3) is 0 Å². The molecule has 0 spiro atoms. The first-order valence-electron chi connectivity index (χ1n) is 7.70. The molecule has 24 heavy (non-hydrogen) atoms. The van der Waals surface area contributed by atoms with Gasteiger partial charge in [-0.3, -0.25) is 0 Å². The zero-order valence-corrected chi connectivity index (χ0v) is 15.8. The second-order valence-corrected chi connectivity index (χ2v) is 9.22. The zero-order valence-electron chi connectivity index (χ0n) is 12.6. The molecule has 2 atom stereocenters. The van der Waals surface area contributed by atoms with Gasteiger partial charge in [0, 0.05) is 12.0 Å². The number of para-hydroxylation sites is 1. The molecule has 0 N–H and O–H groups in total. The van der Waals surface area contributed by atoms with Crippen LogP contribution in [-0.4, -0.2) is 10.7 Å². The summed E-state index contributed by atoms with van der Waals surface area (Å²) in [4.78, 5) is 2.41. The van der Waals surface area contributed by atoms with Crippen molar-refractivity contribution in [3.8, 4) is 5.75 Å². The fourth-order valence-corrected chi connectivity index (χ4v) is 5.40. The van der Waals surface area contributed by atoms with Gasteiger partial charge in [-0.25, -0.2) is 5.01 Å². The van der Waals surface area contributed by atoms with E-state index in [0.717, 1.165) is 21.7 Å². The van der Waals surface area contributed by atoms with Gasteiger partial charge in [0.25, 0.3) is 0 Å². The Balaban J connectivity index is 1.60. The molecule has 2 aliphatic heterocycles. The van der Waals surface area contributed by atoms with E-state index in [9.17, 15) is 0 Å². The third kappa shape index (κ3) is 2.32. The van der Waals surface area contributed by atoms with Gasteiger partial charge in [0.15, 0.2) is 0 Å². The van der Waals surface area contributed by atoms with Crippen LogP contribution in [0.1, 0.15) is 34.0 Å². The average Bonchev–Trinajstić information content (AvgIpc) is 3.34. The Morgan fingerprint density at radius 1 is 1.12 bits per heavy atom. The van der Waals surface area contributed by atoms with Crippen LogP contribution in [0.3, 0.4) is 0 Å². The predicted octanol–water partition coefficient (Wildman–Crippen LogP) is 5.81. The molecule has 4 heterocycles. The molecule has 2 aliphatic rings. The summed E-state index contributed by atoms with van der Waals surface area (Å²) < 4.78 is 7.44. The second kappa shape index (κ2) is 5.72. The molecule has 5 rings (SSSR count). The van der Waals surface area contributed by atoms with E-state index in [1.54, 1.807) is 22.7 Å². The SMILES string of the molecule is Brc1ccc(C2=NN3[C@H](C2)c2ccccc2O[C@H]3c2cccs2)s1. The van der Waals surface area contributed by atoms with E-state index in [2.05, 4.69) is 68.8 Å². The van der Waals surface area contributed by atoms with Crippen molar-refractivity contribution in [2.75, 3.05) is 0 Å². The third-order valence-corrected chi connectivity index (χ3v) is 6.92. The lowest BCUT2D eigenvalue weighted by Gasteiger charge is -2.37. The summed E-state index contributed by atoms with van der Waals surface area (Å²) in [6.07, 6.45) is 0.765.